The van der Waals surface area contributed by atoms with Gasteiger partial charge in [-0.25, -0.2) is 0 Å². The number of carbonyl (C=O) groups is 1. The second-order valence-electron chi connectivity index (χ2n) is 3.18. The zero-order chi connectivity index (χ0) is 8.55. The minimum Gasteiger partial charge on any atom is -0.366 e. The van der Waals surface area contributed by atoms with Gasteiger partial charge < -0.3 is 5.73 Å². The Balaban J connectivity index is 2.27. The Morgan fingerprint density at radius 3 is 3.17 bits per heavy atom. The summed E-state index contributed by atoms with van der Waals surface area (Å²) in [5, 5.41) is 0. The summed E-state index contributed by atoms with van der Waals surface area (Å²) in [6.07, 6.45) is 5.99. The molecule has 2 rings (SSSR count). The largest absolute Gasteiger partial charge is 0.366 e. The van der Waals surface area contributed by atoms with E-state index >= 15 is 0 Å². The molecule has 2 aliphatic rings. The van der Waals surface area contributed by atoms with E-state index in [1.54, 1.807) is 0 Å². The molecule has 1 heterocycles. The van der Waals surface area contributed by atoms with Gasteiger partial charge in [0.05, 0.1) is 0 Å². The van der Waals surface area contributed by atoms with Crippen LogP contribution in [0.15, 0.2) is 23.8 Å². The summed E-state index contributed by atoms with van der Waals surface area (Å²) in [6, 6.07) is 0. The summed E-state index contributed by atoms with van der Waals surface area (Å²) in [4.78, 5) is 11.0. The van der Waals surface area contributed by atoms with E-state index in [1.807, 2.05) is 23.9 Å². The normalized spacial score (nSPS) is 32.8. The molecule has 2 nitrogen and oxygen atoms in total. The highest BCUT2D eigenvalue weighted by Gasteiger charge is 2.32. The van der Waals surface area contributed by atoms with Crippen molar-refractivity contribution in [1.82, 2.24) is 0 Å². The summed E-state index contributed by atoms with van der Waals surface area (Å²) in [5.41, 5.74) is 6.09. The summed E-state index contributed by atoms with van der Waals surface area (Å²) < 4.78 is 0. The van der Waals surface area contributed by atoms with E-state index in [0.717, 1.165) is 17.1 Å². The van der Waals surface area contributed by atoms with Crippen LogP contribution in [-0.2, 0) is 4.79 Å². The van der Waals surface area contributed by atoms with Crippen molar-refractivity contribution in [3.05, 3.63) is 23.8 Å². The molecular weight excluding hydrogens is 170 g/mol. The first-order chi connectivity index (χ1) is 5.79. The van der Waals surface area contributed by atoms with Crippen LogP contribution >= 0.6 is 11.8 Å². The van der Waals surface area contributed by atoms with Crippen molar-refractivity contribution in [2.45, 2.75) is 0 Å². The third-order valence-electron chi connectivity index (χ3n) is 2.44. The number of primary amides is 1. The van der Waals surface area contributed by atoms with Crippen molar-refractivity contribution in [2.75, 3.05) is 11.5 Å². The maximum atomic E-state index is 11.0. The average molecular weight is 181 g/mol. The maximum Gasteiger partial charge on any atom is 0.244 e. The molecule has 0 spiro atoms. The topological polar surface area (TPSA) is 43.1 Å². The average Bonchev–Trinajstić information content (AvgIpc) is 2.49. The van der Waals surface area contributed by atoms with Gasteiger partial charge in [-0.15, -0.1) is 0 Å². The molecular formula is C9H11NOS. The molecule has 1 aliphatic carbocycles. The molecule has 0 aromatic carbocycles. The van der Waals surface area contributed by atoms with Crippen molar-refractivity contribution in [2.24, 2.45) is 17.6 Å². The third-order valence-corrected chi connectivity index (χ3v) is 3.66. The fourth-order valence-corrected chi connectivity index (χ4v) is 3.20. The molecule has 1 saturated heterocycles. The Kier molecular flexibility index (Phi) is 1.97. The van der Waals surface area contributed by atoms with Crippen LogP contribution in [0.2, 0.25) is 0 Å². The maximum absolute atomic E-state index is 11.0. The van der Waals surface area contributed by atoms with Crippen LogP contribution in [0.3, 0.4) is 0 Å². The van der Waals surface area contributed by atoms with Crippen LogP contribution in [0.5, 0.6) is 0 Å². The van der Waals surface area contributed by atoms with Gasteiger partial charge in [0.15, 0.2) is 0 Å². The molecule has 3 heteroatoms. The highest BCUT2D eigenvalue weighted by molar-refractivity contribution is 7.99. The number of carbonyl (C=O) groups excluding carboxylic acids is 1. The molecule has 0 aromatic rings. The van der Waals surface area contributed by atoms with Crippen LogP contribution < -0.4 is 5.73 Å². The summed E-state index contributed by atoms with van der Waals surface area (Å²) >= 11 is 1.90. The van der Waals surface area contributed by atoms with E-state index < -0.39 is 0 Å². The van der Waals surface area contributed by atoms with Crippen molar-refractivity contribution in [3.8, 4) is 0 Å². The Morgan fingerprint density at radius 2 is 2.42 bits per heavy atom. The number of nitrogens with two attached hydrogens (primary N) is 1. The van der Waals surface area contributed by atoms with E-state index in [9.17, 15) is 4.79 Å². The van der Waals surface area contributed by atoms with Gasteiger partial charge in [0.25, 0.3) is 0 Å². The number of thioether (sulfide) groups is 1. The molecule has 0 bridgehead atoms. The van der Waals surface area contributed by atoms with Crippen molar-refractivity contribution in [1.29, 1.82) is 0 Å². The van der Waals surface area contributed by atoms with E-state index in [-0.39, 0.29) is 5.91 Å². The first kappa shape index (κ1) is 7.92. The van der Waals surface area contributed by atoms with Gasteiger partial charge in [-0.05, 0) is 5.92 Å². The van der Waals surface area contributed by atoms with Gasteiger partial charge in [-0.3, -0.25) is 4.79 Å². The summed E-state index contributed by atoms with van der Waals surface area (Å²) in [5.74, 6) is 2.85. The van der Waals surface area contributed by atoms with Crippen LogP contribution in [-0.4, -0.2) is 17.4 Å². The van der Waals surface area contributed by atoms with Crippen LogP contribution in [0.25, 0.3) is 0 Å². The first-order valence-electron chi connectivity index (χ1n) is 4.05. The number of allylic oxidation sites excluding steroid dienone is 3. The number of amides is 1. The zero-order valence-corrected chi connectivity index (χ0v) is 7.51. The molecule has 2 N–H and O–H groups in total. The van der Waals surface area contributed by atoms with Crippen LogP contribution in [0.4, 0.5) is 0 Å². The lowest BCUT2D eigenvalue weighted by Crippen LogP contribution is -2.25. The summed E-state index contributed by atoms with van der Waals surface area (Å²) in [7, 11) is 0. The van der Waals surface area contributed by atoms with Crippen molar-refractivity contribution >= 4 is 17.7 Å². The van der Waals surface area contributed by atoms with Gasteiger partial charge in [0.2, 0.25) is 5.91 Å². The van der Waals surface area contributed by atoms with Crippen LogP contribution in [0, 0.1) is 11.8 Å². The second kappa shape index (κ2) is 2.98. The van der Waals surface area contributed by atoms with E-state index in [1.165, 1.54) is 0 Å². The second-order valence-corrected chi connectivity index (χ2v) is 4.25. The van der Waals surface area contributed by atoms with Gasteiger partial charge in [-0.1, -0.05) is 18.2 Å². The van der Waals surface area contributed by atoms with Crippen LogP contribution in [0.1, 0.15) is 0 Å². The quantitative estimate of drug-likeness (QED) is 0.654. The van der Waals surface area contributed by atoms with Gasteiger partial charge in [0, 0.05) is 23.0 Å². The van der Waals surface area contributed by atoms with E-state index in [2.05, 4.69) is 6.08 Å². The number of fused-ring (bicyclic) bond motifs is 1. The monoisotopic (exact) mass is 181 g/mol. The predicted molar refractivity (Wildman–Crippen MR) is 50.7 cm³/mol. The Labute approximate surface area is 75.9 Å². The fourth-order valence-electron chi connectivity index (χ4n) is 1.77. The number of hydrogen-bond donors (Lipinski definition) is 1. The van der Waals surface area contributed by atoms with Crippen molar-refractivity contribution < 1.29 is 4.79 Å². The molecule has 2 atom stereocenters. The smallest absolute Gasteiger partial charge is 0.244 e. The highest BCUT2D eigenvalue weighted by atomic mass is 32.2. The van der Waals surface area contributed by atoms with Gasteiger partial charge in [-0.2, -0.15) is 11.8 Å². The van der Waals surface area contributed by atoms with Crippen molar-refractivity contribution in [3.63, 3.8) is 0 Å². The zero-order valence-electron chi connectivity index (χ0n) is 6.69. The summed E-state index contributed by atoms with van der Waals surface area (Å²) in [6.45, 7) is 0. The van der Waals surface area contributed by atoms with Gasteiger partial charge >= 0.3 is 0 Å². The van der Waals surface area contributed by atoms with E-state index in [0.29, 0.717) is 11.8 Å². The SMILES string of the molecule is NC(=O)C1=CC=CC2CSCC12. The molecule has 1 fully saturated rings. The molecule has 2 unspecified atom stereocenters. The Bertz CT molecular complexity index is 270. The molecule has 1 amide bonds. The fraction of sp³-hybridized carbons (Fsp3) is 0.444. The molecule has 0 saturated carbocycles. The molecule has 12 heavy (non-hydrogen) atoms. The Hall–Kier alpha value is -0.700. The first-order valence-corrected chi connectivity index (χ1v) is 5.20. The molecule has 1 aliphatic heterocycles. The lowest BCUT2D eigenvalue weighted by atomic mass is 9.84. The number of hydrogen-bond acceptors (Lipinski definition) is 2. The van der Waals surface area contributed by atoms with E-state index in [4.69, 9.17) is 5.73 Å². The van der Waals surface area contributed by atoms with Gasteiger partial charge in [0.1, 0.15) is 0 Å². The molecule has 0 radical (unpaired) electrons. The third kappa shape index (κ3) is 1.18. The highest BCUT2D eigenvalue weighted by Crippen LogP contribution is 2.37. The molecule has 0 aromatic heterocycles. The minimum atomic E-state index is -0.253. The Morgan fingerprint density at radius 1 is 1.58 bits per heavy atom. The number of rotatable bonds is 1. The minimum absolute atomic E-state index is 0.253. The lowest BCUT2D eigenvalue weighted by molar-refractivity contribution is -0.115. The standard InChI is InChI=1S/C9H11NOS/c10-9(11)7-3-1-2-6-4-12-5-8(6)7/h1-3,6,8H,4-5H2,(H2,10,11). The predicted octanol–water partition coefficient (Wildman–Crippen LogP) is 0.947. The lowest BCUT2D eigenvalue weighted by Gasteiger charge is -2.19. The molecule has 64 valence electrons.